The molecule has 5 heteroatoms. The van der Waals surface area contributed by atoms with Gasteiger partial charge in [0.25, 0.3) is 0 Å². The molecular formula is C22H35N3O2. The Bertz CT molecular complexity index is 576. The number of hydrogen-bond acceptors (Lipinski definition) is 4. The summed E-state index contributed by atoms with van der Waals surface area (Å²) in [5.74, 6) is 0.790. The van der Waals surface area contributed by atoms with Gasteiger partial charge in [0.15, 0.2) is 0 Å². The molecule has 0 aromatic carbocycles. The molecule has 3 rings (SSSR count). The van der Waals surface area contributed by atoms with Gasteiger partial charge in [0.1, 0.15) is 0 Å². The lowest BCUT2D eigenvalue weighted by Crippen LogP contribution is -2.54. The van der Waals surface area contributed by atoms with Gasteiger partial charge >= 0.3 is 0 Å². The summed E-state index contributed by atoms with van der Waals surface area (Å²) in [5.41, 5.74) is 0.683. The molecule has 1 aromatic heterocycles. The van der Waals surface area contributed by atoms with Gasteiger partial charge < -0.3 is 10.1 Å². The van der Waals surface area contributed by atoms with Gasteiger partial charge in [-0.25, -0.2) is 0 Å². The van der Waals surface area contributed by atoms with Crippen molar-refractivity contribution in [1.82, 2.24) is 15.2 Å². The fraction of sp³-hybridized carbons (Fsp3) is 0.727. The lowest BCUT2D eigenvalue weighted by atomic mass is 9.78. The van der Waals surface area contributed by atoms with Crippen molar-refractivity contribution < 1.29 is 9.53 Å². The van der Waals surface area contributed by atoms with Gasteiger partial charge in [0.2, 0.25) is 5.91 Å². The third kappa shape index (κ3) is 4.52. The number of carbonyl (C=O) groups excluding carboxylic acids is 1. The topological polar surface area (TPSA) is 54.5 Å². The summed E-state index contributed by atoms with van der Waals surface area (Å²) in [6.07, 6.45) is 10.0. The van der Waals surface area contributed by atoms with Crippen LogP contribution >= 0.6 is 0 Å². The number of morpholine rings is 1. The first-order valence-electron chi connectivity index (χ1n) is 10.7. The fourth-order valence-corrected chi connectivity index (χ4v) is 4.97. The minimum atomic E-state index is -0.391. The lowest BCUT2D eigenvalue weighted by molar-refractivity contribution is -0.127. The Balaban J connectivity index is 1.72. The van der Waals surface area contributed by atoms with Crippen molar-refractivity contribution in [3.63, 3.8) is 0 Å². The summed E-state index contributed by atoms with van der Waals surface area (Å²) in [6, 6.07) is 4.40. The molecule has 150 valence electrons. The highest BCUT2D eigenvalue weighted by Crippen LogP contribution is 2.41. The first-order valence-corrected chi connectivity index (χ1v) is 10.7. The first-order chi connectivity index (χ1) is 13.2. The van der Waals surface area contributed by atoms with E-state index in [1.54, 1.807) is 6.20 Å². The van der Waals surface area contributed by atoms with Crippen LogP contribution in [0.5, 0.6) is 0 Å². The van der Waals surface area contributed by atoms with Gasteiger partial charge in [0, 0.05) is 38.1 Å². The Hall–Kier alpha value is -1.46. The molecule has 0 spiro atoms. The third-order valence-electron chi connectivity index (χ3n) is 6.69. The van der Waals surface area contributed by atoms with E-state index in [1.165, 1.54) is 0 Å². The van der Waals surface area contributed by atoms with Crippen LogP contribution in [0.2, 0.25) is 0 Å². The second kappa shape index (κ2) is 9.65. The molecule has 1 atom stereocenters. The normalized spacial score (nSPS) is 21.3. The maximum Gasteiger partial charge on any atom is 0.230 e. The lowest BCUT2D eigenvalue weighted by Gasteiger charge is -2.39. The number of carbonyl (C=O) groups is 1. The van der Waals surface area contributed by atoms with E-state index in [9.17, 15) is 4.79 Å². The molecule has 1 aromatic rings. The van der Waals surface area contributed by atoms with Crippen molar-refractivity contribution >= 4 is 5.91 Å². The average molecular weight is 374 g/mol. The zero-order chi connectivity index (χ0) is 19.1. The van der Waals surface area contributed by atoms with Crippen molar-refractivity contribution in [3.8, 4) is 0 Å². The van der Waals surface area contributed by atoms with E-state index in [0.717, 1.165) is 76.9 Å². The van der Waals surface area contributed by atoms with E-state index < -0.39 is 5.41 Å². The summed E-state index contributed by atoms with van der Waals surface area (Å²) >= 11 is 0. The Kier molecular flexibility index (Phi) is 7.25. The van der Waals surface area contributed by atoms with Gasteiger partial charge in [-0.2, -0.15) is 0 Å². The van der Waals surface area contributed by atoms with Gasteiger partial charge in [-0.1, -0.05) is 45.6 Å². The van der Waals surface area contributed by atoms with Crippen LogP contribution in [0.3, 0.4) is 0 Å². The molecular weight excluding hydrogens is 338 g/mol. The van der Waals surface area contributed by atoms with Gasteiger partial charge in [0.05, 0.1) is 18.6 Å². The van der Waals surface area contributed by atoms with Crippen molar-refractivity contribution in [1.29, 1.82) is 0 Å². The summed E-state index contributed by atoms with van der Waals surface area (Å²) < 4.78 is 5.54. The Morgan fingerprint density at radius 1 is 1.26 bits per heavy atom. The molecule has 1 saturated heterocycles. The van der Waals surface area contributed by atoms with E-state index in [2.05, 4.69) is 35.1 Å². The molecule has 0 radical (unpaired) electrons. The number of hydrogen-bond donors (Lipinski definition) is 1. The first kappa shape index (κ1) is 20.3. The van der Waals surface area contributed by atoms with Crippen molar-refractivity contribution in [2.24, 2.45) is 5.92 Å². The van der Waals surface area contributed by atoms with Gasteiger partial charge in [-0.15, -0.1) is 0 Å². The Morgan fingerprint density at radius 3 is 2.56 bits per heavy atom. The highest BCUT2D eigenvalue weighted by atomic mass is 16.5. The van der Waals surface area contributed by atoms with Crippen LogP contribution in [0.4, 0.5) is 0 Å². The second-order valence-corrected chi connectivity index (χ2v) is 8.03. The van der Waals surface area contributed by atoms with Gasteiger partial charge in [-0.3, -0.25) is 14.7 Å². The van der Waals surface area contributed by atoms with Crippen LogP contribution in [0.25, 0.3) is 0 Å². The third-order valence-corrected chi connectivity index (χ3v) is 6.69. The molecule has 1 saturated carbocycles. The molecule has 1 aliphatic heterocycles. The molecule has 1 N–H and O–H groups in total. The number of aromatic nitrogens is 1. The summed E-state index contributed by atoms with van der Waals surface area (Å²) in [5, 5.41) is 3.36. The van der Waals surface area contributed by atoms with Crippen LogP contribution in [-0.2, 0) is 14.9 Å². The summed E-state index contributed by atoms with van der Waals surface area (Å²) in [6.45, 7) is 8.77. The van der Waals surface area contributed by atoms with Crippen LogP contribution in [0.1, 0.15) is 57.9 Å². The van der Waals surface area contributed by atoms with E-state index in [4.69, 9.17) is 4.74 Å². The molecule has 0 unspecified atom stereocenters. The minimum Gasteiger partial charge on any atom is -0.379 e. The smallest absolute Gasteiger partial charge is 0.230 e. The summed E-state index contributed by atoms with van der Waals surface area (Å²) in [7, 11) is 0. The minimum absolute atomic E-state index is 0.192. The number of amides is 1. The molecule has 2 fully saturated rings. The van der Waals surface area contributed by atoms with Crippen LogP contribution in [-0.4, -0.2) is 54.7 Å². The largest absolute Gasteiger partial charge is 0.379 e. The number of nitrogens with zero attached hydrogens (tertiary/aromatic N) is 2. The zero-order valence-electron chi connectivity index (χ0n) is 17.0. The molecule has 5 nitrogen and oxygen atoms in total. The van der Waals surface area contributed by atoms with Crippen molar-refractivity contribution in [2.45, 2.75) is 63.8 Å². The monoisotopic (exact) mass is 373 g/mol. The van der Waals surface area contributed by atoms with E-state index in [-0.39, 0.29) is 5.91 Å². The van der Waals surface area contributed by atoms with E-state index in [1.807, 2.05) is 12.3 Å². The Labute approximate surface area is 163 Å². The number of ether oxygens (including phenoxy) is 1. The second-order valence-electron chi connectivity index (χ2n) is 8.03. The van der Waals surface area contributed by atoms with Gasteiger partial charge in [-0.05, 0) is 30.4 Å². The number of nitrogens with one attached hydrogen (secondary N) is 1. The average Bonchev–Trinajstić information content (AvgIpc) is 3.23. The molecule has 2 heterocycles. The standard InChI is InChI=1S/C22H35N3O2/c1-3-18(4-2)20(25-12-14-27-15-13-25)17-24-21(26)22(9-5-6-10-22)19-8-7-11-23-16-19/h7-8,11,16,18,20H,3-6,9-10,12-15,17H2,1-2H3,(H,24,26)/t20-/m0/s1. The molecule has 1 aliphatic carbocycles. The van der Waals surface area contributed by atoms with E-state index >= 15 is 0 Å². The molecule has 0 bridgehead atoms. The highest BCUT2D eigenvalue weighted by molar-refractivity contribution is 5.88. The van der Waals surface area contributed by atoms with Crippen LogP contribution in [0.15, 0.2) is 24.5 Å². The van der Waals surface area contributed by atoms with Crippen LogP contribution < -0.4 is 5.32 Å². The van der Waals surface area contributed by atoms with Crippen molar-refractivity contribution in [2.75, 3.05) is 32.8 Å². The predicted octanol–water partition coefficient (Wildman–Crippen LogP) is 3.15. The quantitative estimate of drug-likeness (QED) is 0.761. The number of rotatable bonds is 8. The van der Waals surface area contributed by atoms with Crippen molar-refractivity contribution in [3.05, 3.63) is 30.1 Å². The highest BCUT2D eigenvalue weighted by Gasteiger charge is 2.43. The predicted molar refractivity (Wildman–Crippen MR) is 108 cm³/mol. The SMILES string of the molecule is CCC(CC)[C@H](CNC(=O)C1(c2cccnc2)CCCC1)N1CCOCC1. The molecule has 27 heavy (non-hydrogen) atoms. The molecule has 1 amide bonds. The fourth-order valence-electron chi connectivity index (χ4n) is 4.97. The maximum atomic E-state index is 13.4. The number of pyridine rings is 1. The Morgan fingerprint density at radius 2 is 1.96 bits per heavy atom. The molecule has 2 aliphatic rings. The zero-order valence-corrected chi connectivity index (χ0v) is 17.0. The summed E-state index contributed by atoms with van der Waals surface area (Å²) in [4.78, 5) is 20.2. The van der Waals surface area contributed by atoms with E-state index in [0.29, 0.717) is 12.0 Å². The maximum absolute atomic E-state index is 13.4. The van der Waals surface area contributed by atoms with Crippen LogP contribution in [0, 0.1) is 5.92 Å².